The second-order valence-electron chi connectivity index (χ2n) is 4.16. The summed E-state index contributed by atoms with van der Waals surface area (Å²) in [7, 11) is 0. The highest BCUT2D eigenvalue weighted by atomic mass is 16.6. The van der Waals surface area contributed by atoms with Gasteiger partial charge in [-0.05, 0) is 12.0 Å². The van der Waals surface area contributed by atoms with Crippen molar-refractivity contribution >= 4 is 5.97 Å². The predicted octanol–water partition coefficient (Wildman–Crippen LogP) is 2.47. The summed E-state index contributed by atoms with van der Waals surface area (Å²) in [6, 6.07) is 9.62. The first-order valence-electron chi connectivity index (χ1n) is 5.74. The monoisotopic (exact) mass is 232 g/mol. The van der Waals surface area contributed by atoms with Crippen molar-refractivity contribution in [3.8, 4) is 0 Å². The van der Waals surface area contributed by atoms with Crippen LogP contribution in [-0.4, -0.2) is 18.7 Å². The van der Waals surface area contributed by atoms with Gasteiger partial charge in [0, 0.05) is 6.42 Å². The maximum Gasteiger partial charge on any atom is 0.335 e. The average Bonchev–Trinajstić information content (AvgIpc) is 2.37. The van der Waals surface area contributed by atoms with Crippen molar-refractivity contribution in [2.45, 2.75) is 25.6 Å². The first kappa shape index (κ1) is 11.9. The molecule has 0 unspecified atom stereocenters. The van der Waals surface area contributed by atoms with Crippen LogP contribution >= 0.6 is 0 Å². The van der Waals surface area contributed by atoms with Gasteiger partial charge in [0.05, 0.1) is 6.61 Å². The first-order chi connectivity index (χ1) is 8.25. The normalized spacial score (nSPS) is 20.0. The van der Waals surface area contributed by atoms with E-state index < -0.39 is 6.10 Å². The summed E-state index contributed by atoms with van der Waals surface area (Å²) < 4.78 is 10.6. The minimum absolute atomic E-state index is 0.297. The molecule has 2 rings (SSSR count). The summed E-state index contributed by atoms with van der Waals surface area (Å²) in [5.41, 5.74) is 2.04. The van der Waals surface area contributed by atoms with Crippen LogP contribution in [0.4, 0.5) is 0 Å². The summed E-state index contributed by atoms with van der Waals surface area (Å²) in [5.74, 6) is -0.297. The fourth-order valence-electron chi connectivity index (χ4n) is 1.74. The molecule has 0 N–H and O–H groups in total. The third kappa shape index (κ3) is 3.43. The Hall–Kier alpha value is -1.61. The molecule has 3 nitrogen and oxygen atoms in total. The first-order valence-corrected chi connectivity index (χ1v) is 5.74. The van der Waals surface area contributed by atoms with Crippen LogP contribution in [-0.2, 0) is 20.9 Å². The standard InChI is InChI=1S/C14H16O3/c1-11-7-8-16-13(9-11)14(15)17-10-12-5-3-2-4-6-12/h2-6,13H,1,7-10H2/t13-/m1/s1. The van der Waals surface area contributed by atoms with Crippen molar-refractivity contribution in [3.05, 3.63) is 48.0 Å². The van der Waals surface area contributed by atoms with E-state index in [9.17, 15) is 4.79 Å². The molecule has 0 bridgehead atoms. The lowest BCUT2D eigenvalue weighted by Crippen LogP contribution is -2.30. The molecule has 0 saturated carbocycles. The molecule has 90 valence electrons. The van der Waals surface area contributed by atoms with Gasteiger partial charge in [-0.1, -0.05) is 42.5 Å². The maximum absolute atomic E-state index is 11.7. The van der Waals surface area contributed by atoms with Crippen molar-refractivity contribution < 1.29 is 14.3 Å². The van der Waals surface area contributed by atoms with Crippen LogP contribution in [0.1, 0.15) is 18.4 Å². The van der Waals surface area contributed by atoms with Crippen LogP contribution in [0.25, 0.3) is 0 Å². The van der Waals surface area contributed by atoms with Gasteiger partial charge in [0.25, 0.3) is 0 Å². The van der Waals surface area contributed by atoms with E-state index in [1.165, 1.54) is 0 Å². The molecule has 0 aromatic heterocycles. The van der Waals surface area contributed by atoms with Gasteiger partial charge in [0.15, 0.2) is 6.10 Å². The topological polar surface area (TPSA) is 35.5 Å². The van der Waals surface area contributed by atoms with E-state index >= 15 is 0 Å². The summed E-state index contributed by atoms with van der Waals surface area (Å²) >= 11 is 0. The highest BCUT2D eigenvalue weighted by molar-refractivity contribution is 5.75. The van der Waals surface area contributed by atoms with Crippen LogP contribution in [0.2, 0.25) is 0 Å². The Labute approximate surface area is 101 Å². The molecule has 1 atom stereocenters. The van der Waals surface area contributed by atoms with Crippen LogP contribution in [0.3, 0.4) is 0 Å². The molecular formula is C14H16O3. The number of hydrogen-bond donors (Lipinski definition) is 0. The van der Waals surface area contributed by atoms with Crippen molar-refractivity contribution in [2.75, 3.05) is 6.61 Å². The van der Waals surface area contributed by atoms with Crippen molar-refractivity contribution in [3.63, 3.8) is 0 Å². The lowest BCUT2D eigenvalue weighted by Gasteiger charge is -2.22. The zero-order chi connectivity index (χ0) is 12.1. The number of carbonyl (C=O) groups is 1. The smallest absolute Gasteiger partial charge is 0.335 e. The number of hydrogen-bond acceptors (Lipinski definition) is 3. The van der Waals surface area contributed by atoms with Gasteiger partial charge in [-0.25, -0.2) is 4.79 Å². The maximum atomic E-state index is 11.7. The van der Waals surface area contributed by atoms with Gasteiger partial charge in [-0.3, -0.25) is 0 Å². The Morgan fingerprint density at radius 2 is 2.18 bits per heavy atom. The molecule has 1 aliphatic heterocycles. The highest BCUT2D eigenvalue weighted by Gasteiger charge is 2.25. The van der Waals surface area contributed by atoms with Gasteiger partial charge in [0.1, 0.15) is 6.61 Å². The van der Waals surface area contributed by atoms with Gasteiger partial charge in [0.2, 0.25) is 0 Å². The minimum atomic E-state index is -0.472. The molecule has 0 spiro atoms. The van der Waals surface area contributed by atoms with E-state index in [-0.39, 0.29) is 5.97 Å². The summed E-state index contributed by atoms with van der Waals surface area (Å²) in [5, 5.41) is 0. The molecule has 17 heavy (non-hydrogen) atoms. The number of rotatable bonds is 3. The molecule has 1 aromatic rings. The van der Waals surface area contributed by atoms with E-state index in [4.69, 9.17) is 9.47 Å². The molecule has 3 heteroatoms. The molecule has 0 amide bonds. The molecule has 0 aliphatic carbocycles. The molecule has 1 fully saturated rings. The summed E-state index contributed by atoms with van der Waals surface area (Å²) in [4.78, 5) is 11.7. The van der Waals surface area contributed by atoms with Crippen LogP contribution < -0.4 is 0 Å². The molecule has 1 saturated heterocycles. The van der Waals surface area contributed by atoms with Gasteiger partial charge in [-0.2, -0.15) is 0 Å². The number of ether oxygens (including phenoxy) is 2. The number of benzene rings is 1. The fraction of sp³-hybridized carbons (Fsp3) is 0.357. The molecule has 1 aliphatic rings. The van der Waals surface area contributed by atoms with E-state index in [0.29, 0.717) is 19.6 Å². The van der Waals surface area contributed by atoms with E-state index in [1.54, 1.807) is 0 Å². The zero-order valence-corrected chi connectivity index (χ0v) is 9.72. The van der Waals surface area contributed by atoms with Crippen LogP contribution in [0, 0.1) is 0 Å². The zero-order valence-electron chi connectivity index (χ0n) is 9.72. The van der Waals surface area contributed by atoms with Gasteiger partial charge < -0.3 is 9.47 Å². The Kier molecular flexibility index (Phi) is 3.94. The van der Waals surface area contributed by atoms with Crippen LogP contribution in [0.15, 0.2) is 42.5 Å². The minimum Gasteiger partial charge on any atom is -0.459 e. The van der Waals surface area contributed by atoms with Crippen molar-refractivity contribution in [2.24, 2.45) is 0 Å². The predicted molar refractivity (Wildman–Crippen MR) is 64.4 cm³/mol. The second-order valence-corrected chi connectivity index (χ2v) is 4.16. The largest absolute Gasteiger partial charge is 0.459 e. The number of esters is 1. The van der Waals surface area contributed by atoms with E-state index in [2.05, 4.69) is 6.58 Å². The quantitative estimate of drug-likeness (QED) is 0.593. The van der Waals surface area contributed by atoms with Gasteiger partial charge >= 0.3 is 5.97 Å². The highest BCUT2D eigenvalue weighted by Crippen LogP contribution is 2.18. The molecule has 1 aromatic carbocycles. The summed E-state index contributed by atoms with van der Waals surface area (Å²) in [6.07, 6.45) is 0.941. The fourth-order valence-corrected chi connectivity index (χ4v) is 1.74. The molecule has 0 radical (unpaired) electrons. The Bertz CT molecular complexity index is 397. The molecular weight excluding hydrogens is 216 g/mol. The third-order valence-electron chi connectivity index (χ3n) is 2.74. The van der Waals surface area contributed by atoms with Gasteiger partial charge in [-0.15, -0.1) is 0 Å². The van der Waals surface area contributed by atoms with Crippen molar-refractivity contribution in [1.82, 2.24) is 0 Å². The Balaban J connectivity index is 1.83. The van der Waals surface area contributed by atoms with Crippen LogP contribution in [0.5, 0.6) is 0 Å². The average molecular weight is 232 g/mol. The lowest BCUT2D eigenvalue weighted by atomic mass is 10.0. The molecule has 1 heterocycles. The van der Waals surface area contributed by atoms with Crippen molar-refractivity contribution in [1.29, 1.82) is 0 Å². The second kappa shape index (κ2) is 5.64. The Morgan fingerprint density at radius 3 is 2.88 bits per heavy atom. The Morgan fingerprint density at radius 1 is 1.41 bits per heavy atom. The summed E-state index contributed by atoms with van der Waals surface area (Å²) in [6.45, 7) is 4.73. The van der Waals surface area contributed by atoms with E-state index in [1.807, 2.05) is 30.3 Å². The number of carbonyl (C=O) groups excluding carboxylic acids is 1. The third-order valence-corrected chi connectivity index (χ3v) is 2.74. The SMILES string of the molecule is C=C1CCO[C@@H](C(=O)OCc2ccccc2)C1. The lowest BCUT2D eigenvalue weighted by molar-refractivity contribution is -0.159. The van der Waals surface area contributed by atoms with E-state index in [0.717, 1.165) is 17.6 Å².